The van der Waals surface area contributed by atoms with Gasteiger partial charge < -0.3 is 19.6 Å². The lowest BCUT2D eigenvalue weighted by molar-refractivity contribution is -0.129. The van der Waals surface area contributed by atoms with Gasteiger partial charge in [0.25, 0.3) is 5.91 Å². The van der Waals surface area contributed by atoms with Crippen LogP contribution >= 0.6 is 0 Å². The van der Waals surface area contributed by atoms with Gasteiger partial charge in [0, 0.05) is 30.5 Å². The number of fused-ring (bicyclic) bond motifs is 3. The maximum Gasteiger partial charge on any atom is 0.251 e. The molecular formula is C27H26N2O3. The number of pyridine rings is 1. The average molecular weight is 427 g/mol. The first-order valence-corrected chi connectivity index (χ1v) is 11.0. The summed E-state index contributed by atoms with van der Waals surface area (Å²) in [7, 11) is 0. The fourth-order valence-corrected chi connectivity index (χ4v) is 4.57. The van der Waals surface area contributed by atoms with E-state index in [4.69, 9.17) is 15.2 Å². The predicted molar refractivity (Wildman–Crippen MR) is 124 cm³/mol. The van der Waals surface area contributed by atoms with E-state index in [9.17, 15) is 4.79 Å². The number of amides is 1. The minimum Gasteiger partial charge on any atom is -0.487 e. The number of rotatable bonds is 6. The molecule has 0 aliphatic carbocycles. The van der Waals surface area contributed by atoms with E-state index in [1.807, 2.05) is 66.9 Å². The van der Waals surface area contributed by atoms with Crippen LogP contribution in [-0.4, -0.2) is 16.9 Å². The molecule has 2 N–H and O–H groups in total. The van der Waals surface area contributed by atoms with E-state index < -0.39 is 12.0 Å². The SMILES string of the molecule is NC(=O)C1OCCCc2c1c1c(OCc3ccccc3)cccn1c2Cc1ccccc1. The molecule has 0 spiro atoms. The Bertz CT molecular complexity index is 1230. The molecule has 5 nitrogen and oxygen atoms in total. The van der Waals surface area contributed by atoms with Gasteiger partial charge in [0.1, 0.15) is 12.4 Å². The van der Waals surface area contributed by atoms with Gasteiger partial charge in [0.05, 0.1) is 5.52 Å². The van der Waals surface area contributed by atoms with E-state index >= 15 is 0 Å². The summed E-state index contributed by atoms with van der Waals surface area (Å²) in [4.78, 5) is 12.4. The number of nitrogens with zero attached hydrogens (tertiary/aromatic N) is 1. The summed E-state index contributed by atoms with van der Waals surface area (Å²) in [6.45, 7) is 0.947. The standard InChI is InChI=1S/C27H26N2O3/c28-27(30)26-24-21(13-8-16-31-26)22(17-19-9-3-1-4-10-19)29-15-7-14-23(25(24)29)32-18-20-11-5-2-6-12-20/h1-7,9-12,14-15,26H,8,13,16-18H2,(H2,28,30). The average Bonchev–Trinajstić information content (AvgIpc) is 2.97. The molecule has 4 aromatic rings. The second-order valence-corrected chi connectivity index (χ2v) is 8.12. The molecule has 1 atom stereocenters. The largest absolute Gasteiger partial charge is 0.487 e. The molecule has 2 aromatic heterocycles. The van der Waals surface area contributed by atoms with Crippen molar-refractivity contribution < 1.29 is 14.3 Å². The van der Waals surface area contributed by atoms with Crippen LogP contribution in [0.4, 0.5) is 0 Å². The van der Waals surface area contributed by atoms with Crippen molar-refractivity contribution in [2.45, 2.75) is 32.0 Å². The summed E-state index contributed by atoms with van der Waals surface area (Å²) in [5.74, 6) is 0.258. The first kappa shape index (κ1) is 20.3. The number of hydrogen-bond donors (Lipinski definition) is 1. The van der Waals surface area contributed by atoms with E-state index in [0.717, 1.165) is 52.9 Å². The van der Waals surface area contributed by atoms with Crippen LogP contribution in [0.2, 0.25) is 0 Å². The van der Waals surface area contributed by atoms with Crippen LogP contribution in [0.3, 0.4) is 0 Å². The summed E-state index contributed by atoms with van der Waals surface area (Å²) in [5.41, 5.74) is 12.1. The molecule has 1 amide bonds. The highest BCUT2D eigenvalue weighted by molar-refractivity contribution is 5.86. The quantitative estimate of drug-likeness (QED) is 0.490. The summed E-state index contributed by atoms with van der Waals surface area (Å²) < 4.78 is 14.4. The maximum absolute atomic E-state index is 12.4. The molecule has 0 radical (unpaired) electrons. The molecule has 0 saturated carbocycles. The minimum absolute atomic E-state index is 0.441. The first-order valence-electron chi connectivity index (χ1n) is 11.0. The van der Waals surface area contributed by atoms with Crippen LogP contribution in [0, 0.1) is 0 Å². The molecule has 32 heavy (non-hydrogen) atoms. The molecular weight excluding hydrogens is 400 g/mol. The normalized spacial score (nSPS) is 15.8. The molecule has 1 unspecified atom stereocenters. The summed E-state index contributed by atoms with van der Waals surface area (Å²) >= 11 is 0. The number of primary amides is 1. The van der Waals surface area contributed by atoms with Crippen molar-refractivity contribution >= 4 is 11.4 Å². The highest BCUT2D eigenvalue weighted by Crippen LogP contribution is 2.39. The molecule has 0 bridgehead atoms. The van der Waals surface area contributed by atoms with Crippen LogP contribution in [0.1, 0.15) is 40.5 Å². The first-order chi connectivity index (χ1) is 15.7. The van der Waals surface area contributed by atoms with Gasteiger partial charge in [-0.25, -0.2) is 0 Å². The number of ether oxygens (including phenoxy) is 2. The molecule has 0 fully saturated rings. The van der Waals surface area contributed by atoms with E-state index in [1.54, 1.807) is 0 Å². The topological polar surface area (TPSA) is 66.0 Å². The van der Waals surface area contributed by atoms with E-state index in [2.05, 4.69) is 16.5 Å². The van der Waals surface area contributed by atoms with Crippen molar-refractivity contribution in [3.63, 3.8) is 0 Å². The van der Waals surface area contributed by atoms with Crippen LogP contribution in [0.25, 0.3) is 5.52 Å². The number of benzene rings is 2. The smallest absolute Gasteiger partial charge is 0.251 e. The lowest BCUT2D eigenvalue weighted by atomic mass is 9.97. The minimum atomic E-state index is -0.784. The van der Waals surface area contributed by atoms with Gasteiger partial charge >= 0.3 is 0 Å². The van der Waals surface area contributed by atoms with Crippen molar-refractivity contribution in [1.29, 1.82) is 0 Å². The number of hydrogen-bond acceptors (Lipinski definition) is 3. The van der Waals surface area contributed by atoms with E-state index in [0.29, 0.717) is 13.2 Å². The Morgan fingerprint density at radius 2 is 1.72 bits per heavy atom. The molecule has 1 aliphatic heterocycles. The van der Waals surface area contributed by atoms with Crippen molar-refractivity contribution in [3.8, 4) is 5.75 Å². The Balaban J connectivity index is 1.66. The van der Waals surface area contributed by atoms with Crippen LogP contribution < -0.4 is 10.5 Å². The van der Waals surface area contributed by atoms with Crippen molar-refractivity contribution in [3.05, 3.63) is 107 Å². The van der Waals surface area contributed by atoms with Crippen molar-refractivity contribution in [2.24, 2.45) is 5.73 Å². The van der Waals surface area contributed by atoms with Gasteiger partial charge in [-0.3, -0.25) is 4.79 Å². The maximum atomic E-state index is 12.4. The number of aromatic nitrogens is 1. The fourth-order valence-electron chi connectivity index (χ4n) is 4.57. The molecule has 3 heterocycles. The molecule has 2 aromatic carbocycles. The van der Waals surface area contributed by atoms with Crippen LogP contribution in [-0.2, 0) is 29.0 Å². The van der Waals surface area contributed by atoms with Gasteiger partial charge in [-0.2, -0.15) is 0 Å². The molecule has 5 heteroatoms. The monoisotopic (exact) mass is 426 g/mol. The van der Waals surface area contributed by atoms with Crippen molar-refractivity contribution in [2.75, 3.05) is 6.61 Å². The van der Waals surface area contributed by atoms with E-state index in [-0.39, 0.29) is 0 Å². The third-order valence-corrected chi connectivity index (χ3v) is 6.00. The van der Waals surface area contributed by atoms with Crippen LogP contribution in [0.5, 0.6) is 5.75 Å². The van der Waals surface area contributed by atoms with Gasteiger partial charge in [0.2, 0.25) is 0 Å². The lowest BCUT2D eigenvalue weighted by Gasteiger charge is -2.15. The van der Waals surface area contributed by atoms with Gasteiger partial charge in [-0.05, 0) is 41.7 Å². The van der Waals surface area contributed by atoms with Gasteiger partial charge in [0.15, 0.2) is 6.10 Å². The Morgan fingerprint density at radius 1 is 1.00 bits per heavy atom. The zero-order valence-corrected chi connectivity index (χ0v) is 17.9. The summed E-state index contributed by atoms with van der Waals surface area (Å²) in [6, 6.07) is 24.4. The summed E-state index contributed by atoms with van der Waals surface area (Å²) in [5, 5.41) is 0. The number of carbonyl (C=O) groups is 1. The lowest BCUT2D eigenvalue weighted by Crippen LogP contribution is -2.24. The Labute approximate surface area is 187 Å². The third-order valence-electron chi connectivity index (χ3n) is 6.00. The molecule has 0 saturated heterocycles. The fraction of sp³-hybridized carbons (Fsp3) is 0.222. The van der Waals surface area contributed by atoms with Gasteiger partial charge in [-0.15, -0.1) is 0 Å². The predicted octanol–water partition coefficient (Wildman–Crippen LogP) is 4.60. The highest BCUT2D eigenvalue weighted by Gasteiger charge is 2.32. The molecule has 1 aliphatic rings. The number of nitrogens with two attached hydrogens (primary N) is 1. The molecule has 162 valence electrons. The van der Waals surface area contributed by atoms with E-state index in [1.165, 1.54) is 5.56 Å². The number of carbonyl (C=O) groups excluding carboxylic acids is 1. The molecule has 5 rings (SSSR count). The second kappa shape index (κ2) is 8.89. The second-order valence-electron chi connectivity index (χ2n) is 8.12. The van der Waals surface area contributed by atoms with Crippen molar-refractivity contribution in [1.82, 2.24) is 4.40 Å². The zero-order chi connectivity index (χ0) is 21.9. The highest BCUT2D eigenvalue weighted by atomic mass is 16.5. The Hall–Kier alpha value is -3.57. The summed E-state index contributed by atoms with van der Waals surface area (Å²) in [6.07, 6.45) is 3.69. The van der Waals surface area contributed by atoms with Gasteiger partial charge in [-0.1, -0.05) is 60.7 Å². The Kier molecular flexibility index (Phi) is 5.65. The zero-order valence-electron chi connectivity index (χ0n) is 17.9. The Morgan fingerprint density at radius 3 is 2.44 bits per heavy atom. The third kappa shape index (κ3) is 3.87. The van der Waals surface area contributed by atoms with Crippen LogP contribution in [0.15, 0.2) is 79.0 Å².